The van der Waals surface area contributed by atoms with Crippen molar-refractivity contribution in [3.8, 4) is 0 Å². The smallest absolute Gasteiger partial charge is 0.170 e. The first kappa shape index (κ1) is 8.19. The first-order chi connectivity index (χ1) is 6.95. The van der Waals surface area contributed by atoms with Crippen molar-refractivity contribution in [1.82, 2.24) is 15.2 Å². The lowest BCUT2D eigenvalue weighted by atomic mass is 10.4. The Labute approximate surface area is 84.7 Å². The van der Waals surface area contributed by atoms with Gasteiger partial charge in [-0.05, 0) is 0 Å². The van der Waals surface area contributed by atoms with Gasteiger partial charge in [-0.2, -0.15) is 5.10 Å². The summed E-state index contributed by atoms with van der Waals surface area (Å²) in [7, 11) is 0. The van der Waals surface area contributed by atoms with Gasteiger partial charge in [0, 0.05) is 13.1 Å². The third kappa shape index (κ3) is 1.18. The molecule has 3 rings (SSSR count). The number of nitrogens with one attached hydrogen (secondary N) is 1. The molecule has 0 amide bonds. The second-order valence-corrected chi connectivity index (χ2v) is 4.03. The Hall–Kier alpha value is -1.14. The second-order valence-electron chi connectivity index (χ2n) is 3.18. The molecule has 0 radical (unpaired) electrons. The Morgan fingerprint density at radius 1 is 1.43 bits per heavy atom. The molecule has 0 saturated carbocycles. The van der Waals surface area contributed by atoms with Crippen LogP contribution >= 0.6 is 11.3 Å². The minimum absolute atomic E-state index is 0.785. The summed E-state index contributed by atoms with van der Waals surface area (Å²) < 4.78 is 6.44. The number of morpholine rings is 1. The molecule has 0 aliphatic carbocycles. The molecule has 3 heterocycles. The summed E-state index contributed by atoms with van der Waals surface area (Å²) >= 11 is 1.63. The fraction of sp³-hybridized carbons (Fsp3) is 0.500. The van der Waals surface area contributed by atoms with E-state index in [0.29, 0.717) is 0 Å². The van der Waals surface area contributed by atoms with Gasteiger partial charge in [0.05, 0.1) is 18.7 Å². The molecule has 2 aromatic rings. The van der Waals surface area contributed by atoms with Gasteiger partial charge in [-0.25, -0.2) is 4.98 Å². The number of thiazole rings is 1. The van der Waals surface area contributed by atoms with Crippen LogP contribution in [0.2, 0.25) is 0 Å². The van der Waals surface area contributed by atoms with Crippen LogP contribution in [-0.2, 0) is 4.74 Å². The van der Waals surface area contributed by atoms with Gasteiger partial charge >= 0.3 is 0 Å². The van der Waals surface area contributed by atoms with Gasteiger partial charge in [-0.3, -0.25) is 5.10 Å². The molecule has 2 aromatic heterocycles. The molecule has 5 nitrogen and oxygen atoms in total. The number of hydrogen-bond acceptors (Lipinski definition) is 5. The van der Waals surface area contributed by atoms with Crippen LogP contribution in [0.1, 0.15) is 0 Å². The zero-order valence-electron chi connectivity index (χ0n) is 7.56. The molecule has 14 heavy (non-hydrogen) atoms. The van der Waals surface area contributed by atoms with E-state index in [2.05, 4.69) is 20.1 Å². The summed E-state index contributed by atoms with van der Waals surface area (Å²) in [6, 6.07) is 0. The Bertz CT molecular complexity index is 431. The molecule has 0 atom stereocenters. The first-order valence-electron chi connectivity index (χ1n) is 4.55. The van der Waals surface area contributed by atoms with Crippen LogP contribution < -0.4 is 4.90 Å². The maximum absolute atomic E-state index is 5.30. The molecule has 1 aliphatic rings. The van der Waals surface area contributed by atoms with E-state index in [9.17, 15) is 0 Å². The molecule has 1 fully saturated rings. The van der Waals surface area contributed by atoms with Gasteiger partial charge in [0.25, 0.3) is 0 Å². The monoisotopic (exact) mass is 210 g/mol. The molecule has 1 N–H and O–H groups in total. The Morgan fingerprint density at radius 3 is 3.14 bits per heavy atom. The standard InChI is InChI=1S/C8H10N4OS/c1-3-13-4-2-12(1)8-6-7(10-11-8)9-5-14-6/h5H,1-4H2,(H,10,11). The molecule has 6 heteroatoms. The van der Waals surface area contributed by atoms with Crippen LogP contribution in [0.4, 0.5) is 5.82 Å². The molecule has 1 saturated heterocycles. The van der Waals surface area contributed by atoms with Crippen LogP contribution in [0.25, 0.3) is 10.3 Å². The number of anilines is 1. The number of fused-ring (bicyclic) bond motifs is 1. The first-order valence-corrected chi connectivity index (χ1v) is 5.43. The summed E-state index contributed by atoms with van der Waals surface area (Å²) in [6.07, 6.45) is 0. The van der Waals surface area contributed by atoms with Crippen LogP contribution in [0.15, 0.2) is 5.51 Å². The average Bonchev–Trinajstić information content (AvgIpc) is 2.79. The lowest BCUT2D eigenvalue weighted by molar-refractivity contribution is 0.122. The third-order valence-corrected chi connectivity index (χ3v) is 3.17. The highest BCUT2D eigenvalue weighted by Crippen LogP contribution is 2.27. The molecule has 0 bridgehead atoms. The topological polar surface area (TPSA) is 54.0 Å². The highest BCUT2D eigenvalue weighted by Gasteiger charge is 2.17. The summed E-state index contributed by atoms with van der Waals surface area (Å²) in [6.45, 7) is 3.40. The van der Waals surface area contributed by atoms with Gasteiger partial charge in [-0.1, -0.05) is 0 Å². The van der Waals surface area contributed by atoms with Gasteiger partial charge in [-0.15, -0.1) is 11.3 Å². The second kappa shape index (κ2) is 3.21. The Balaban J connectivity index is 1.99. The average molecular weight is 210 g/mol. The van der Waals surface area contributed by atoms with Crippen LogP contribution in [-0.4, -0.2) is 41.5 Å². The minimum Gasteiger partial charge on any atom is -0.378 e. The van der Waals surface area contributed by atoms with Gasteiger partial charge < -0.3 is 9.64 Å². The van der Waals surface area contributed by atoms with Gasteiger partial charge in [0.1, 0.15) is 4.70 Å². The van der Waals surface area contributed by atoms with E-state index in [4.69, 9.17) is 4.74 Å². The maximum Gasteiger partial charge on any atom is 0.170 e. The SMILES string of the molecule is c1nc2[nH]nc(N3CCOCC3)c2s1. The summed E-state index contributed by atoms with van der Waals surface area (Å²) in [5.41, 5.74) is 2.73. The lowest BCUT2D eigenvalue weighted by Crippen LogP contribution is -2.36. The maximum atomic E-state index is 5.30. The molecular formula is C8H10N4OS. The number of aromatic amines is 1. The fourth-order valence-electron chi connectivity index (χ4n) is 1.63. The quantitative estimate of drug-likeness (QED) is 0.758. The van der Waals surface area contributed by atoms with Crippen molar-refractivity contribution in [3.05, 3.63) is 5.51 Å². The van der Waals surface area contributed by atoms with E-state index in [1.54, 1.807) is 11.3 Å². The van der Waals surface area contributed by atoms with E-state index < -0.39 is 0 Å². The van der Waals surface area contributed by atoms with Crippen LogP contribution in [0, 0.1) is 0 Å². The van der Waals surface area contributed by atoms with Crippen molar-refractivity contribution in [2.75, 3.05) is 31.2 Å². The Kier molecular flexibility index (Phi) is 1.88. The Morgan fingerprint density at radius 2 is 2.29 bits per heavy atom. The number of aromatic nitrogens is 3. The third-order valence-electron chi connectivity index (χ3n) is 2.35. The summed E-state index contributed by atoms with van der Waals surface area (Å²) in [5.74, 6) is 1.02. The van der Waals surface area contributed by atoms with E-state index in [0.717, 1.165) is 42.5 Å². The normalized spacial score (nSPS) is 17.9. The van der Waals surface area contributed by atoms with Crippen molar-refractivity contribution in [3.63, 3.8) is 0 Å². The molecule has 1 aliphatic heterocycles. The molecule has 0 aromatic carbocycles. The zero-order valence-corrected chi connectivity index (χ0v) is 8.38. The lowest BCUT2D eigenvalue weighted by Gasteiger charge is -2.26. The summed E-state index contributed by atoms with van der Waals surface area (Å²) in [4.78, 5) is 6.41. The van der Waals surface area contributed by atoms with Gasteiger partial charge in [0.2, 0.25) is 0 Å². The highest BCUT2D eigenvalue weighted by atomic mass is 32.1. The molecule has 0 spiro atoms. The predicted molar refractivity (Wildman–Crippen MR) is 54.8 cm³/mol. The number of rotatable bonds is 1. The summed E-state index contributed by atoms with van der Waals surface area (Å²) in [5, 5.41) is 7.20. The minimum atomic E-state index is 0.785. The van der Waals surface area contributed by atoms with Crippen LogP contribution in [0.5, 0.6) is 0 Å². The van der Waals surface area contributed by atoms with E-state index in [1.165, 1.54) is 0 Å². The van der Waals surface area contributed by atoms with E-state index >= 15 is 0 Å². The number of hydrogen-bond donors (Lipinski definition) is 1. The zero-order chi connectivity index (χ0) is 9.38. The van der Waals surface area contributed by atoms with Crippen molar-refractivity contribution in [2.24, 2.45) is 0 Å². The predicted octanol–water partition coefficient (Wildman–Crippen LogP) is 0.856. The van der Waals surface area contributed by atoms with Crippen molar-refractivity contribution >= 4 is 27.5 Å². The number of H-pyrrole nitrogens is 1. The number of ether oxygens (including phenoxy) is 1. The van der Waals surface area contributed by atoms with Crippen molar-refractivity contribution < 1.29 is 4.74 Å². The molecule has 0 unspecified atom stereocenters. The van der Waals surface area contributed by atoms with E-state index in [1.807, 2.05) is 5.51 Å². The van der Waals surface area contributed by atoms with Crippen molar-refractivity contribution in [2.45, 2.75) is 0 Å². The van der Waals surface area contributed by atoms with Crippen LogP contribution in [0.3, 0.4) is 0 Å². The number of nitrogens with zero attached hydrogens (tertiary/aromatic N) is 3. The highest BCUT2D eigenvalue weighted by molar-refractivity contribution is 7.17. The molecular weight excluding hydrogens is 200 g/mol. The fourth-order valence-corrected chi connectivity index (χ4v) is 2.38. The van der Waals surface area contributed by atoms with E-state index in [-0.39, 0.29) is 0 Å². The van der Waals surface area contributed by atoms with Gasteiger partial charge in [0.15, 0.2) is 11.5 Å². The largest absolute Gasteiger partial charge is 0.378 e. The molecule has 74 valence electrons. The van der Waals surface area contributed by atoms with Crippen molar-refractivity contribution in [1.29, 1.82) is 0 Å².